The highest BCUT2D eigenvalue weighted by atomic mass is 31.2. The van der Waals surface area contributed by atoms with Gasteiger partial charge in [0.1, 0.15) is 11.4 Å². The number of hydrogen-bond acceptors (Lipinski definition) is 4. The Labute approximate surface area is 212 Å². The summed E-state index contributed by atoms with van der Waals surface area (Å²) in [6, 6.07) is 18.7. The molecule has 198 valence electrons. The van der Waals surface area contributed by atoms with E-state index in [1.807, 2.05) is 113 Å². The summed E-state index contributed by atoms with van der Waals surface area (Å²) < 4.78 is 29.6. The second kappa shape index (κ2) is 27.4. The standard InChI is InChI=1S/C18H23O4P.C3H6.4C2H6/c1-4-18(5-2,16-12-8-6-9-13-16)22-23(19,20-3)21-17-14-10-7-11-15-17;1-3-2;4*1-2/h6-15H,4-5H2,1-3H3;3H,1H2,2H3;4*1-2H3. The lowest BCUT2D eigenvalue weighted by Crippen LogP contribution is -2.28. The molecule has 4 nitrogen and oxygen atoms in total. The topological polar surface area (TPSA) is 44.8 Å². The van der Waals surface area contributed by atoms with Crippen molar-refractivity contribution in [2.45, 2.75) is 94.6 Å². The normalized spacial score (nSPS) is 10.7. The fourth-order valence-corrected chi connectivity index (χ4v) is 3.86. The Balaban J connectivity index is -0.000000356. The number of para-hydroxylation sites is 1. The van der Waals surface area contributed by atoms with E-state index in [4.69, 9.17) is 13.6 Å². The molecule has 0 spiro atoms. The van der Waals surface area contributed by atoms with Crippen molar-refractivity contribution >= 4 is 7.82 Å². The Morgan fingerprint density at radius 2 is 1.15 bits per heavy atom. The summed E-state index contributed by atoms with van der Waals surface area (Å²) in [5.41, 5.74) is 0.237. The van der Waals surface area contributed by atoms with Gasteiger partial charge in [-0.3, -0.25) is 9.05 Å². The van der Waals surface area contributed by atoms with Crippen molar-refractivity contribution in [3.63, 3.8) is 0 Å². The van der Waals surface area contributed by atoms with Crippen LogP contribution in [0.3, 0.4) is 0 Å². The first-order chi connectivity index (χ1) is 16.5. The van der Waals surface area contributed by atoms with Gasteiger partial charge in [-0.2, -0.15) is 0 Å². The number of phosphoric acid groups is 1. The van der Waals surface area contributed by atoms with Crippen LogP contribution >= 0.6 is 7.82 Å². The number of hydrogen-bond donors (Lipinski definition) is 0. The van der Waals surface area contributed by atoms with E-state index in [-0.39, 0.29) is 0 Å². The molecule has 0 fully saturated rings. The van der Waals surface area contributed by atoms with E-state index in [0.29, 0.717) is 18.6 Å². The van der Waals surface area contributed by atoms with Crippen LogP contribution in [0.1, 0.15) is 94.6 Å². The Hall–Kier alpha value is -1.87. The SMILES string of the molecule is C=CC.CC.CC.CC.CC.CCC(CC)(OP(=O)(OC)Oc1ccccc1)c1ccccc1. The number of benzene rings is 2. The molecular formula is C29H53O4P. The van der Waals surface area contributed by atoms with E-state index in [1.165, 1.54) is 7.11 Å². The Kier molecular flexibility index (Phi) is 31.7. The molecule has 0 N–H and O–H groups in total. The van der Waals surface area contributed by atoms with E-state index in [1.54, 1.807) is 30.3 Å². The third-order valence-electron chi connectivity index (χ3n) is 3.91. The van der Waals surface area contributed by atoms with Crippen LogP contribution in [0.5, 0.6) is 5.75 Å². The van der Waals surface area contributed by atoms with Crippen LogP contribution in [0.25, 0.3) is 0 Å². The summed E-state index contributed by atoms with van der Waals surface area (Å²) in [7, 11) is -2.40. The molecule has 0 heterocycles. The Morgan fingerprint density at radius 1 is 0.794 bits per heavy atom. The summed E-state index contributed by atoms with van der Waals surface area (Å²) >= 11 is 0. The number of rotatable bonds is 8. The second-order valence-electron chi connectivity index (χ2n) is 5.60. The molecule has 2 aromatic rings. The van der Waals surface area contributed by atoms with Crippen molar-refractivity contribution in [1.82, 2.24) is 0 Å². The zero-order chi connectivity index (χ0) is 27.5. The van der Waals surface area contributed by atoms with Crippen molar-refractivity contribution in [1.29, 1.82) is 0 Å². The van der Waals surface area contributed by atoms with Gasteiger partial charge in [-0.25, -0.2) is 4.57 Å². The van der Waals surface area contributed by atoms with Gasteiger partial charge in [0, 0.05) is 7.11 Å². The van der Waals surface area contributed by atoms with Gasteiger partial charge in [0.15, 0.2) is 0 Å². The first-order valence-corrected chi connectivity index (χ1v) is 14.2. The van der Waals surface area contributed by atoms with Gasteiger partial charge in [0.25, 0.3) is 0 Å². The average molecular weight is 497 g/mol. The van der Waals surface area contributed by atoms with Crippen LogP contribution in [0.15, 0.2) is 73.3 Å². The summed E-state index contributed by atoms with van der Waals surface area (Å²) in [5, 5.41) is 0. The zero-order valence-corrected chi connectivity index (χ0v) is 24.9. The molecule has 0 saturated heterocycles. The monoisotopic (exact) mass is 496 g/mol. The molecule has 0 amide bonds. The smallest absolute Gasteiger partial charge is 0.404 e. The second-order valence-corrected chi connectivity index (χ2v) is 7.23. The van der Waals surface area contributed by atoms with Crippen molar-refractivity contribution in [2.24, 2.45) is 0 Å². The van der Waals surface area contributed by atoms with Gasteiger partial charge < -0.3 is 4.52 Å². The Bertz CT molecular complexity index is 684. The predicted octanol–water partition coefficient (Wildman–Crippen LogP) is 10.8. The minimum absolute atomic E-state index is 0.451. The maximum atomic E-state index is 13.0. The van der Waals surface area contributed by atoms with Gasteiger partial charge in [0.2, 0.25) is 0 Å². The van der Waals surface area contributed by atoms with Gasteiger partial charge in [-0.1, -0.05) is 124 Å². The minimum atomic E-state index is -3.74. The van der Waals surface area contributed by atoms with E-state index in [9.17, 15) is 4.57 Å². The lowest BCUT2D eigenvalue weighted by molar-refractivity contribution is 0.0200. The molecule has 0 aliphatic rings. The summed E-state index contributed by atoms with van der Waals surface area (Å²) in [4.78, 5) is 0. The highest BCUT2D eigenvalue weighted by Gasteiger charge is 2.41. The van der Waals surface area contributed by atoms with Crippen LogP contribution in [0.2, 0.25) is 0 Å². The molecule has 2 aromatic carbocycles. The lowest BCUT2D eigenvalue weighted by atomic mass is 9.89. The third kappa shape index (κ3) is 15.9. The van der Waals surface area contributed by atoms with Crippen LogP contribution in [-0.2, 0) is 19.2 Å². The van der Waals surface area contributed by atoms with E-state index in [0.717, 1.165) is 5.56 Å². The zero-order valence-electron chi connectivity index (χ0n) is 24.1. The fourth-order valence-electron chi connectivity index (χ4n) is 2.50. The number of allylic oxidation sites excluding steroid dienone is 1. The van der Waals surface area contributed by atoms with E-state index in [2.05, 4.69) is 6.58 Å². The van der Waals surface area contributed by atoms with Crippen LogP contribution in [0, 0.1) is 0 Å². The van der Waals surface area contributed by atoms with Gasteiger partial charge in [0.05, 0.1) is 0 Å². The van der Waals surface area contributed by atoms with Crippen LogP contribution < -0.4 is 4.52 Å². The van der Waals surface area contributed by atoms with E-state index >= 15 is 0 Å². The van der Waals surface area contributed by atoms with Gasteiger partial charge >= 0.3 is 7.82 Å². The van der Waals surface area contributed by atoms with Crippen LogP contribution in [-0.4, -0.2) is 7.11 Å². The van der Waals surface area contributed by atoms with Gasteiger partial charge in [-0.05, 0) is 37.5 Å². The third-order valence-corrected chi connectivity index (χ3v) is 5.37. The summed E-state index contributed by atoms with van der Waals surface area (Å²) in [6.07, 6.45) is 3.05. The molecule has 5 heteroatoms. The van der Waals surface area contributed by atoms with Crippen molar-refractivity contribution < 1.29 is 18.1 Å². The summed E-state index contributed by atoms with van der Waals surface area (Å²) in [5.74, 6) is 0.451. The molecule has 0 aliphatic heterocycles. The Morgan fingerprint density at radius 3 is 1.47 bits per heavy atom. The molecule has 2 rings (SSSR count). The van der Waals surface area contributed by atoms with Crippen molar-refractivity contribution in [2.75, 3.05) is 7.11 Å². The predicted molar refractivity (Wildman–Crippen MR) is 153 cm³/mol. The molecule has 0 radical (unpaired) electrons. The maximum Gasteiger partial charge on any atom is 0.530 e. The first kappa shape index (κ1) is 39.3. The lowest BCUT2D eigenvalue weighted by Gasteiger charge is -2.34. The van der Waals surface area contributed by atoms with E-state index < -0.39 is 13.4 Å². The molecule has 0 bridgehead atoms. The molecule has 0 saturated carbocycles. The minimum Gasteiger partial charge on any atom is -0.404 e. The quantitative estimate of drug-likeness (QED) is 0.269. The molecule has 0 aromatic heterocycles. The fraction of sp³-hybridized carbons (Fsp3) is 0.517. The number of phosphoric ester groups is 1. The van der Waals surface area contributed by atoms with Crippen molar-refractivity contribution in [3.05, 3.63) is 78.9 Å². The highest BCUT2D eigenvalue weighted by Crippen LogP contribution is 2.55. The van der Waals surface area contributed by atoms with Crippen molar-refractivity contribution in [3.8, 4) is 5.75 Å². The molecule has 1 unspecified atom stereocenters. The maximum absolute atomic E-state index is 13.0. The average Bonchev–Trinajstić information content (AvgIpc) is 2.93. The highest BCUT2D eigenvalue weighted by molar-refractivity contribution is 7.48. The van der Waals surface area contributed by atoms with Gasteiger partial charge in [-0.15, -0.1) is 6.58 Å². The first-order valence-electron chi connectivity index (χ1n) is 12.7. The molecular weight excluding hydrogens is 443 g/mol. The molecule has 34 heavy (non-hydrogen) atoms. The van der Waals surface area contributed by atoms with Crippen LogP contribution in [0.4, 0.5) is 0 Å². The molecule has 0 aliphatic carbocycles. The molecule has 1 atom stereocenters. The summed E-state index contributed by atoms with van der Waals surface area (Å²) in [6.45, 7) is 25.2. The largest absolute Gasteiger partial charge is 0.530 e.